The molecule has 0 fully saturated rings. The molecule has 1 aromatic heterocycles. The minimum absolute atomic E-state index is 1.10. The van der Waals surface area contributed by atoms with Crippen LogP contribution in [-0.2, 0) is 19.5 Å². The Bertz CT molecular complexity index is 239. The molecule has 0 radical (unpaired) electrons. The van der Waals surface area contributed by atoms with E-state index in [9.17, 15) is 0 Å². The highest BCUT2D eigenvalue weighted by molar-refractivity contribution is 7.10. The Morgan fingerprint density at radius 1 is 1.60 bits per heavy atom. The maximum Gasteiger partial charge on any atom is 0.0306 e. The SMILES string of the molecule is CCc1csc2c1CNC2. The number of nitrogens with one attached hydrogen (secondary N) is 1. The molecule has 0 saturated heterocycles. The van der Waals surface area contributed by atoms with Crippen LogP contribution in [0.25, 0.3) is 0 Å². The number of rotatable bonds is 1. The highest BCUT2D eigenvalue weighted by atomic mass is 32.1. The Kier molecular flexibility index (Phi) is 1.51. The molecule has 1 aliphatic heterocycles. The van der Waals surface area contributed by atoms with Gasteiger partial charge < -0.3 is 5.32 Å². The molecule has 54 valence electrons. The Balaban J connectivity index is 2.44. The summed E-state index contributed by atoms with van der Waals surface area (Å²) in [4.78, 5) is 1.55. The van der Waals surface area contributed by atoms with Gasteiger partial charge in [0.1, 0.15) is 0 Å². The summed E-state index contributed by atoms with van der Waals surface area (Å²) in [5.41, 5.74) is 3.12. The molecule has 2 heteroatoms. The average molecular weight is 153 g/mol. The number of hydrogen-bond donors (Lipinski definition) is 1. The second-order valence-electron chi connectivity index (χ2n) is 2.62. The molecule has 1 aliphatic rings. The van der Waals surface area contributed by atoms with E-state index in [0.717, 1.165) is 13.1 Å². The van der Waals surface area contributed by atoms with Crippen LogP contribution >= 0.6 is 11.3 Å². The van der Waals surface area contributed by atoms with Crippen LogP contribution in [-0.4, -0.2) is 0 Å². The zero-order chi connectivity index (χ0) is 6.97. The fourth-order valence-corrected chi connectivity index (χ4v) is 2.55. The molecule has 1 N–H and O–H groups in total. The molecule has 0 spiro atoms. The van der Waals surface area contributed by atoms with Gasteiger partial charge in [0.25, 0.3) is 0 Å². The van der Waals surface area contributed by atoms with Gasteiger partial charge in [-0.2, -0.15) is 0 Å². The van der Waals surface area contributed by atoms with Gasteiger partial charge in [-0.3, -0.25) is 0 Å². The van der Waals surface area contributed by atoms with Crippen molar-refractivity contribution in [2.45, 2.75) is 26.4 Å². The fraction of sp³-hybridized carbons (Fsp3) is 0.500. The van der Waals surface area contributed by atoms with Crippen LogP contribution in [0.15, 0.2) is 5.38 Å². The zero-order valence-electron chi connectivity index (χ0n) is 6.11. The lowest BCUT2D eigenvalue weighted by molar-refractivity contribution is 0.763. The van der Waals surface area contributed by atoms with Crippen molar-refractivity contribution in [3.63, 3.8) is 0 Å². The van der Waals surface area contributed by atoms with Crippen LogP contribution < -0.4 is 5.32 Å². The van der Waals surface area contributed by atoms with Crippen molar-refractivity contribution in [3.05, 3.63) is 21.4 Å². The van der Waals surface area contributed by atoms with Gasteiger partial charge in [-0.1, -0.05) is 6.92 Å². The van der Waals surface area contributed by atoms with Crippen molar-refractivity contribution in [2.75, 3.05) is 0 Å². The summed E-state index contributed by atoms with van der Waals surface area (Å²) in [6.45, 7) is 4.42. The van der Waals surface area contributed by atoms with Crippen LogP contribution in [0.1, 0.15) is 22.9 Å². The van der Waals surface area contributed by atoms with Gasteiger partial charge in [-0.25, -0.2) is 0 Å². The first kappa shape index (κ1) is 6.38. The molecule has 0 atom stereocenters. The van der Waals surface area contributed by atoms with E-state index in [1.807, 2.05) is 11.3 Å². The number of hydrogen-bond acceptors (Lipinski definition) is 2. The largest absolute Gasteiger partial charge is 0.308 e. The molecule has 0 aliphatic carbocycles. The second-order valence-corrected chi connectivity index (χ2v) is 3.58. The van der Waals surface area contributed by atoms with Gasteiger partial charge in [0, 0.05) is 18.0 Å². The summed E-state index contributed by atoms with van der Waals surface area (Å²) in [7, 11) is 0. The maximum absolute atomic E-state index is 3.35. The molecular formula is C8H11NS. The van der Waals surface area contributed by atoms with E-state index in [0.29, 0.717) is 0 Å². The summed E-state index contributed by atoms with van der Waals surface area (Å²) >= 11 is 1.90. The van der Waals surface area contributed by atoms with Crippen molar-refractivity contribution >= 4 is 11.3 Å². The lowest BCUT2D eigenvalue weighted by Gasteiger charge is -1.93. The van der Waals surface area contributed by atoms with Gasteiger partial charge in [-0.05, 0) is 22.9 Å². The molecule has 1 aromatic rings. The zero-order valence-corrected chi connectivity index (χ0v) is 6.92. The van der Waals surface area contributed by atoms with Gasteiger partial charge in [0.15, 0.2) is 0 Å². The number of aryl methyl sites for hydroxylation is 1. The molecule has 1 nitrogen and oxygen atoms in total. The summed E-state index contributed by atoms with van der Waals surface area (Å²) in [6.07, 6.45) is 1.19. The predicted molar refractivity (Wildman–Crippen MR) is 44.2 cm³/mol. The van der Waals surface area contributed by atoms with Crippen molar-refractivity contribution < 1.29 is 0 Å². The quantitative estimate of drug-likeness (QED) is 0.650. The second kappa shape index (κ2) is 2.36. The standard InChI is InChI=1S/C8H11NS/c1-2-6-5-10-8-4-9-3-7(6)8/h5,9H,2-4H2,1H3. The van der Waals surface area contributed by atoms with E-state index in [1.54, 1.807) is 16.0 Å². The number of thiophene rings is 1. The van der Waals surface area contributed by atoms with Gasteiger partial charge >= 0.3 is 0 Å². The van der Waals surface area contributed by atoms with Crippen LogP contribution in [0.5, 0.6) is 0 Å². The molecule has 2 heterocycles. The average Bonchev–Trinajstić information content (AvgIpc) is 2.44. The Morgan fingerprint density at radius 2 is 2.50 bits per heavy atom. The van der Waals surface area contributed by atoms with Gasteiger partial charge in [0.2, 0.25) is 0 Å². The summed E-state index contributed by atoms with van der Waals surface area (Å²) in [5, 5.41) is 5.65. The minimum Gasteiger partial charge on any atom is -0.308 e. The topological polar surface area (TPSA) is 12.0 Å². The van der Waals surface area contributed by atoms with Crippen LogP contribution in [0, 0.1) is 0 Å². The van der Waals surface area contributed by atoms with Gasteiger partial charge in [0.05, 0.1) is 0 Å². The van der Waals surface area contributed by atoms with E-state index in [4.69, 9.17) is 0 Å². The predicted octanol–water partition coefficient (Wildman–Crippen LogP) is 1.91. The van der Waals surface area contributed by atoms with Crippen LogP contribution in [0.3, 0.4) is 0 Å². The summed E-state index contributed by atoms with van der Waals surface area (Å²) < 4.78 is 0. The molecular weight excluding hydrogens is 142 g/mol. The third kappa shape index (κ3) is 0.796. The molecule has 10 heavy (non-hydrogen) atoms. The van der Waals surface area contributed by atoms with Crippen molar-refractivity contribution in [1.82, 2.24) is 5.32 Å². The lowest BCUT2D eigenvalue weighted by atomic mass is 10.1. The number of fused-ring (bicyclic) bond motifs is 1. The van der Waals surface area contributed by atoms with Crippen molar-refractivity contribution in [1.29, 1.82) is 0 Å². The smallest absolute Gasteiger partial charge is 0.0306 e. The molecule has 2 rings (SSSR count). The minimum atomic E-state index is 1.10. The van der Waals surface area contributed by atoms with Crippen molar-refractivity contribution in [3.8, 4) is 0 Å². The fourth-order valence-electron chi connectivity index (χ4n) is 1.42. The third-order valence-electron chi connectivity index (χ3n) is 2.04. The lowest BCUT2D eigenvalue weighted by Crippen LogP contribution is -2.01. The van der Waals surface area contributed by atoms with E-state index < -0.39 is 0 Å². The summed E-state index contributed by atoms with van der Waals surface area (Å²) in [6, 6.07) is 0. The molecule has 0 unspecified atom stereocenters. The van der Waals surface area contributed by atoms with Crippen LogP contribution in [0.4, 0.5) is 0 Å². The first-order valence-electron chi connectivity index (χ1n) is 3.70. The molecule has 0 saturated carbocycles. The van der Waals surface area contributed by atoms with E-state index in [1.165, 1.54) is 6.42 Å². The maximum atomic E-state index is 3.35. The Labute approximate surface area is 65.1 Å². The normalized spacial score (nSPS) is 15.7. The molecule has 0 amide bonds. The summed E-state index contributed by atoms with van der Waals surface area (Å²) in [5.74, 6) is 0. The monoisotopic (exact) mass is 153 g/mol. The van der Waals surface area contributed by atoms with E-state index in [2.05, 4.69) is 17.6 Å². The van der Waals surface area contributed by atoms with Gasteiger partial charge in [-0.15, -0.1) is 11.3 Å². The van der Waals surface area contributed by atoms with Crippen molar-refractivity contribution in [2.24, 2.45) is 0 Å². The van der Waals surface area contributed by atoms with Crippen LogP contribution in [0.2, 0.25) is 0 Å². The Hall–Kier alpha value is -0.340. The first-order valence-corrected chi connectivity index (χ1v) is 4.58. The highest BCUT2D eigenvalue weighted by Gasteiger charge is 2.14. The third-order valence-corrected chi connectivity index (χ3v) is 3.11. The van der Waals surface area contributed by atoms with E-state index >= 15 is 0 Å². The first-order chi connectivity index (χ1) is 4.92. The molecule has 0 aromatic carbocycles. The highest BCUT2D eigenvalue weighted by Crippen LogP contribution is 2.26. The molecule has 0 bridgehead atoms. The van der Waals surface area contributed by atoms with E-state index in [-0.39, 0.29) is 0 Å². The Morgan fingerprint density at radius 3 is 3.30 bits per heavy atom.